The van der Waals surface area contributed by atoms with E-state index in [1.807, 2.05) is 0 Å². The molecule has 1 heterocycles. The highest BCUT2D eigenvalue weighted by molar-refractivity contribution is 5.90. The van der Waals surface area contributed by atoms with Gasteiger partial charge in [-0.05, 0) is 29.8 Å². The fourth-order valence-electron chi connectivity index (χ4n) is 2.92. The molecule has 0 amide bonds. The summed E-state index contributed by atoms with van der Waals surface area (Å²) >= 11 is 0. The Hall–Kier alpha value is -3.39. The van der Waals surface area contributed by atoms with Crippen LogP contribution < -0.4 is 0 Å². The lowest BCUT2D eigenvalue weighted by Gasteiger charge is -2.39. The average Bonchev–Trinajstić information content (AvgIpc) is 2.77. The first kappa shape index (κ1) is 20.3. The molecule has 9 nitrogen and oxygen atoms in total. The summed E-state index contributed by atoms with van der Waals surface area (Å²) in [5.74, 6) is -1.30. The van der Waals surface area contributed by atoms with Crippen LogP contribution in [-0.2, 0) is 18.9 Å². The molecule has 0 radical (unpaired) electrons. The summed E-state index contributed by atoms with van der Waals surface area (Å²) in [6.07, 6.45) is -3.23. The highest BCUT2D eigenvalue weighted by atomic mass is 16.7. The highest BCUT2D eigenvalue weighted by Crippen LogP contribution is 2.26. The summed E-state index contributed by atoms with van der Waals surface area (Å²) in [6.45, 7) is -0.0608. The Morgan fingerprint density at radius 1 is 0.966 bits per heavy atom. The van der Waals surface area contributed by atoms with Crippen molar-refractivity contribution in [1.29, 1.82) is 0 Å². The van der Waals surface area contributed by atoms with Crippen molar-refractivity contribution >= 4 is 11.9 Å². The lowest BCUT2D eigenvalue weighted by atomic mass is 10.0. The molecule has 0 N–H and O–H groups in total. The van der Waals surface area contributed by atoms with E-state index < -0.39 is 36.5 Å². The molecule has 0 aromatic heterocycles. The van der Waals surface area contributed by atoms with Gasteiger partial charge in [0.25, 0.3) is 0 Å². The van der Waals surface area contributed by atoms with Crippen molar-refractivity contribution in [3.63, 3.8) is 0 Å². The SMILES string of the molecule is CO[C@H]1OC[C@@H](N=[N+]=[N-])[C@@H](OC(=O)c2ccccc2)[C@@H]1OC(=O)c1ccccc1. The van der Waals surface area contributed by atoms with Crippen molar-refractivity contribution in [3.8, 4) is 0 Å². The Labute approximate surface area is 166 Å². The Bertz CT molecular complexity index is 886. The van der Waals surface area contributed by atoms with E-state index >= 15 is 0 Å². The minimum atomic E-state index is -1.13. The number of azide groups is 1. The summed E-state index contributed by atoms with van der Waals surface area (Å²) in [6, 6.07) is 15.7. The van der Waals surface area contributed by atoms with E-state index in [1.165, 1.54) is 7.11 Å². The normalized spacial score (nSPS) is 23.5. The van der Waals surface area contributed by atoms with Gasteiger partial charge in [0.1, 0.15) is 6.04 Å². The van der Waals surface area contributed by atoms with Crippen molar-refractivity contribution < 1.29 is 28.5 Å². The number of methoxy groups -OCH3 is 1. The Morgan fingerprint density at radius 2 is 1.48 bits per heavy atom. The van der Waals surface area contributed by atoms with Crippen LogP contribution in [0.2, 0.25) is 0 Å². The highest BCUT2D eigenvalue weighted by Gasteiger charge is 2.46. The predicted molar refractivity (Wildman–Crippen MR) is 101 cm³/mol. The number of carbonyl (C=O) groups is 2. The van der Waals surface area contributed by atoms with Gasteiger partial charge in [0, 0.05) is 12.0 Å². The predicted octanol–water partition coefficient (Wildman–Crippen LogP) is 3.12. The Balaban J connectivity index is 1.87. The minimum Gasteiger partial charge on any atom is -0.454 e. The third-order valence-electron chi connectivity index (χ3n) is 4.34. The van der Waals surface area contributed by atoms with E-state index in [4.69, 9.17) is 24.5 Å². The molecule has 0 bridgehead atoms. The van der Waals surface area contributed by atoms with E-state index in [0.717, 1.165) is 0 Å². The van der Waals surface area contributed by atoms with Gasteiger partial charge < -0.3 is 18.9 Å². The van der Waals surface area contributed by atoms with Crippen molar-refractivity contribution in [1.82, 2.24) is 0 Å². The average molecular weight is 397 g/mol. The van der Waals surface area contributed by atoms with Crippen LogP contribution in [0.1, 0.15) is 20.7 Å². The molecule has 29 heavy (non-hydrogen) atoms. The largest absolute Gasteiger partial charge is 0.454 e. The van der Waals surface area contributed by atoms with Gasteiger partial charge >= 0.3 is 11.9 Å². The second-order valence-electron chi connectivity index (χ2n) is 6.18. The summed E-state index contributed by atoms with van der Waals surface area (Å²) < 4.78 is 21.9. The van der Waals surface area contributed by atoms with Crippen LogP contribution in [0.25, 0.3) is 10.4 Å². The third kappa shape index (κ3) is 4.91. The summed E-state index contributed by atoms with van der Waals surface area (Å²) in [5, 5.41) is 3.64. The fraction of sp³-hybridized carbons (Fsp3) is 0.300. The topological polar surface area (TPSA) is 120 Å². The van der Waals surface area contributed by atoms with Gasteiger partial charge in [0.15, 0.2) is 18.5 Å². The Morgan fingerprint density at radius 3 is 1.97 bits per heavy atom. The van der Waals surface area contributed by atoms with Crippen LogP contribution in [0.5, 0.6) is 0 Å². The third-order valence-corrected chi connectivity index (χ3v) is 4.34. The van der Waals surface area contributed by atoms with Crippen LogP contribution in [0.4, 0.5) is 0 Å². The van der Waals surface area contributed by atoms with Crippen molar-refractivity contribution in [3.05, 3.63) is 82.2 Å². The number of hydrogen-bond acceptors (Lipinski definition) is 7. The first-order valence-corrected chi connectivity index (χ1v) is 8.84. The standard InChI is InChI=1S/C20H19N3O6/c1-26-20-17(29-19(25)14-10-6-3-7-11-14)16(15(12-27-20)22-23-21)28-18(24)13-8-4-2-5-9-13/h2-11,15-17,20H,12H2,1H3/t15-,16-,17+,20+/m1/s1. The Kier molecular flexibility index (Phi) is 6.80. The van der Waals surface area contributed by atoms with Crippen LogP contribution >= 0.6 is 0 Å². The molecule has 1 saturated heterocycles. The molecular weight excluding hydrogens is 378 g/mol. The van der Waals surface area contributed by atoms with Crippen LogP contribution in [-0.4, -0.2) is 50.2 Å². The van der Waals surface area contributed by atoms with Crippen molar-refractivity contribution in [2.75, 3.05) is 13.7 Å². The quantitative estimate of drug-likeness (QED) is 0.320. The zero-order valence-corrected chi connectivity index (χ0v) is 15.6. The van der Waals surface area contributed by atoms with Gasteiger partial charge in [-0.15, -0.1) is 0 Å². The smallest absolute Gasteiger partial charge is 0.338 e. The first-order valence-electron chi connectivity index (χ1n) is 8.84. The molecule has 4 atom stereocenters. The molecule has 1 aliphatic rings. The lowest BCUT2D eigenvalue weighted by Crippen LogP contribution is -2.56. The van der Waals surface area contributed by atoms with Gasteiger partial charge in [-0.25, -0.2) is 9.59 Å². The number of esters is 2. The van der Waals surface area contributed by atoms with Crippen LogP contribution in [0.3, 0.4) is 0 Å². The number of rotatable bonds is 6. The van der Waals surface area contributed by atoms with Gasteiger partial charge in [-0.3, -0.25) is 0 Å². The van der Waals surface area contributed by atoms with E-state index in [9.17, 15) is 9.59 Å². The van der Waals surface area contributed by atoms with Gasteiger partial charge in [0.05, 0.1) is 17.7 Å². The van der Waals surface area contributed by atoms with Gasteiger partial charge in [0.2, 0.25) is 0 Å². The molecule has 0 unspecified atom stereocenters. The molecule has 1 fully saturated rings. The monoisotopic (exact) mass is 397 g/mol. The summed E-state index contributed by atoms with van der Waals surface area (Å²) in [5.41, 5.74) is 9.49. The fourth-order valence-corrected chi connectivity index (χ4v) is 2.92. The molecule has 0 saturated carbocycles. The number of ether oxygens (including phenoxy) is 4. The lowest BCUT2D eigenvalue weighted by molar-refractivity contribution is -0.237. The molecule has 2 aromatic rings. The van der Waals surface area contributed by atoms with Gasteiger partial charge in [-0.2, -0.15) is 0 Å². The molecular formula is C20H19N3O6. The van der Waals surface area contributed by atoms with Crippen molar-refractivity contribution in [2.45, 2.75) is 24.5 Å². The van der Waals surface area contributed by atoms with Crippen LogP contribution in [0.15, 0.2) is 65.8 Å². The molecule has 0 aliphatic carbocycles. The number of hydrogen-bond donors (Lipinski definition) is 0. The molecule has 3 rings (SSSR count). The molecule has 2 aromatic carbocycles. The number of carbonyl (C=O) groups excluding carboxylic acids is 2. The van der Waals surface area contributed by atoms with E-state index in [-0.39, 0.29) is 6.61 Å². The summed E-state index contributed by atoms with van der Waals surface area (Å²) in [7, 11) is 1.37. The zero-order chi connectivity index (χ0) is 20.6. The second-order valence-corrected chi connectivity index (χ2v) is 6.18. The van der Waals surface area contributed by atoms with Crippen molar-refractivity contribution in [2.24, 2.45) is 5.11 Å². The number of nitrogens with zero attached hydrogens (tertiary/aromatic N) is 3. The maximum Gasteiger partial charge on any atom is 0.338 e. The van der Waals surface area contributed by atoms with Gasteiger partial charge in [-0.1, -0.05) is 41.5 Å². The van der Waals surface area contributed by atoms with E-state index in [0.29, 0.717) is 11.1 Å². The first-order chi connectivity index (χ1) is 14.1. The molecule has 9 heteroatoms. The molecule has 1 aliphatic heterocycles. The van der Waals surface area contributed by atoms with E-state index in [1.54, 1.807) is 60.7 Å². The van der Waals surface area contributed by atoms with Crippen LogP contribution in [0, 0.1) is 0 Å². The maximum atomic E-state index is 12.6. The second kappa shape index (κ2) is 9.70. The number of benzene rings is 2. The molecule has 0 spiro atoms. The minimum absolute atomic E-state index is 0.0608. The molecule has 150 valence electrons. The maximum absolute atomic E-state index is 12.6. The summed E-state index contributed by atoms with van der Waals surface area (Å²) in [4.78, 5) is 27.9. The van der Waals surface area contributed by atoms with E-state index in [2.05, 4.69) is 10.0 Å². The zero-order valence-electron chi connectivity index (χ0n) is 15.6.